The van der Waals surface area contributed by atoms with Gasteiger partial charge in [-0.15, -0.1) is 0 Å². The van der Waals surface area contributed by atoms with Gasteiger partial charge in [0.15, 0.2) is 0 Å². The highest BCUT2D eigenvalue weighted by Crippen LogP contribution is 2.30. The Morgan fingerprint density at radius 2 is 2.13 bits per heavy atom. The van der Waals surface area contributed by atoms with Crippen molar-refractivity contribution in [3.8, 4) is 0 Å². The zero-order valence-corrected chi connectivity index (χ0v) is 9.74. The third-order valence-electron chi connectivity index (χ3n) is 3.22. The third-order valence-corrected chi connectivity index (χ3v) is 3.22. The lowest BCUT2D eigenvalue weighted by Crippen LogP contribution is -2.33. The fourth-order valence-corrected chi connectivity index (χ4v) is 1.99. The van der Waals surface area contributed by atoms with Gasteiger partial charge in [0.05, 0.1) is 6.10 Å². The Kier molecular flexibility index (Phi) is 3.29. The first-order valence-electron chi connectivity index (χ1n) is 6.07. The Bertz CT molecular complexity index is 236. The van der Waals surface area contributed by atoms with Crippen molar-refractivity contribution in [2.45, 2.75) is 39.2 Å². The number of likely N-dealkylation sites (tertiary alicyclic amines) is 1. The molecule has 0 radical (unpaired) electrons. The van der Waals surface area contributed by atoms with Gasteiger partial charge in [0.1, 0.15) is 0 Å². The fourth-order valence-electron chi connectivity index (χ4n) is 1.99. The van der Waals surface area contributed by atoms with E-state index in [1.54, 1.807) is 0 Å². The maximum absolute atomic E-state index is 11.7. The van der Waals surface area contributed by atoms with Crippen molar-refractivity contribution >= 4 is 5.91 Å². The first-order chi connectivity index (χ1) is 7.16. The van der Waals surface area contributed by atoms with Crippen LogP contribution >= 0.6 is 0 Å². The van der Waals surface area contributed by atoms with Crippen molar-refractivity contribution < 1.29 is 9.53 Å². The van der Waals surface area contributed by atoms with Crippen LogP contribution in [0.4, 0.5) is 0 Å². The van der Waals surface area contributed by atoms with Gasteiger partial charge in [0.2, 0.25) is 5.91 Å². The Hall–Kier alpha value is -0.570. The van der Waals surface area contributed by atoms with Gasteiger partial charge in [0, 0.05) is 25.6 Å². The number of hydrogen-bond acceptors (Lipinski definition) is 2. The number of ether oxygens (including phenoxy) is 1. The predicted octanol–water partition coefficient (Wildman–Crippen LogP) is 1.67. The van der Waals surface area contributed by atoms with Gasteiger partial charge in [-0.3, -0.25) is 4.79 Å². The summed E-state index contributed by atoms with van der Waals surface area (Å²) < 4.78 is 5.79. The van der Waals surface area contributed by atoms with Crippen LogP contribution in [0.1, 0.15) is 33.1 Å². The lowest BCUT2D eigenvalue weighted by Gasteiger charge is -2.18. The van der Waals surface area contributed by atoms with Crippen molar-refractivity contribution in [3.63, 3.8) is 0 Å². The SMILES string of the molecule is CC(C)C(=O)N1CCC(OCC2CC2)C1. The molecule has 1 saturated heterocycles. The average molecular weight is 211 g/mol. The maximum atomic E-state index is 11.7. The third kappa shape index (κ3) is 2.94. The zero-order chi connectivity index (χ0) is 10.8. The number of carbonyl (C=O) groups is 1. The van der Waals surface area contributed by atoms with Crippen molar-refractivity contribution in [1.82, 2.24) is 4.90 Å². The molecule has 1 heterocycles. The molecular formula is C12H21NO2. The standard InChI is InChI=1S/C12H21NO2/c1-9(2)12(14)13-6-5-11(7-13)15-8-10-3-4-10/h9-11H,3-8H2,1-2H3. The summed E-state index contributed by atoms with van der Waals surface area (Å²) in [6, 6.07) is 0. The monoisotopic (exact) mass is 211 g/mol. The second kappa shape index (κ2) is 4.52. The normalized spacial score (nSPS) is 26.3. The van der Waals surface area contributed by atoms with Crippen LogP contribution in [0.5, 0.6) is 0 Å². The van der Waals surface area contributed by atoms with Crippen LogP contribution in [0.3, 0.4) is 0 Å². The topological polar surface area (TPSA) is 29.5 Å². The van der Waals surface area contributed by atoms with Crippen LogP contribution in [0.25, 0.3) is 0 Å². The summed E-state index contributed by atoms with van der Waals surface area (Å²) in [5, 5.41) is 0. The van der Waals surface area contributed by atoms with E-state index in [1.165, 1.54) is 12.8 Å². The molecule has 1 unspecified atom stereocenters. The zero-order valence-electron chi connectivity index (χ0n) is 9.74. The van der Waals surface area contributed by atoms with Crippen molar-refractivity contribution in [2.24, 2.45) is 11.8 Å². The maximum Gasteiger partial charge on any atom is 0.225 e. The van der Waals surface area contributed by atoms with E-state index in [-0.39, 0.29) is 11.8 Å². The highest BCUT2D eigenvalue weighted by Gasteiger charge is 2.30. The van der Waals surface area contributed by atoms with E-state index in [0.717, 1.165) is 32.0 Å². The average Bonchev–Trinajstić information content (AvgIpc) is 2.92. The van der Waals surface area contributed by atoms with E-state index in [1.807, 2.05) is 18.7 Å². The van der Waals surface area contributed by atoms with Gasteiger partial charge in [0.25, 0.3) is 0 Å². The number of rotatable bonds is 4. The fraction of sp³-hybridized carbons (Fsp3) is 0.917. The Balaban J connectivity index is 1.70. The van der Waals surface area contributed by atoms with Gasteiger partial charge >= 0.3 is 0 Å². The first-order valence-corrected chi connectivity index (χ1v) is 6.07. The molecule has 1 amide bonds. The molecule has 3 heteroatoms. The van der Waals surface area contributed by atoms with E-state index in [2.05, 4.69) is 0 Å². The van der Waals surface area contributed by atoms with Gasteiger partial charge < -0.3 is 9.64 Å². The quantitative estimate of drug-likeness (QED) is 0.708. The Morgan fingerprint density at radius 1 is 1.40 bits per heavy atom. The lowest BCUT2D eigenvalue weighted by atomic mass is 10.2. The molecule has 2 fully saturated rings. The molecule has 0 bridgehead atoms. The van der Waals surface area contributed by atoms with Gasteiger partial charge in [-0.05, 0) is 25.2 Å². The number of hydrogen-bond donors (Lipinski definition) is 0. The molecule has 3 nitrogen and oxygen atoms in total. The summed E-state index contributed by atoms with van der Waals surface area (Å²) in [5.41, 5.74) is 0. The van der Waals surface area contributed by atoms with Crippen LogP contribution in [-0.4, -0.2) is 36.6 Å². The molecule has 1 saturated carbocycles. The van der Waals surface area contributed by atoms with Crippen LogP contribution in [0.2, 0.25) is 0 Å². The molecule has 0 N–H and O–H groups in total. The summed E-state index contributed by atoms with van der Waals surface area (Å²) in [7, 11) is 0. The minimum Gasteiger partial charge on any atom is -0.376 e. The highest BCUT2D eigenvalue weighted by atomic mass is 16.5. The molecule has 86 valence electrons. The summed E-state index contributed by atoms with van der Waals surface area (Å²) in [4.78, 5) is 13.7. The Morgan fingerprint density at radius 3 is 2.73 bits per heavy atom. The van der Waals surface area contributed by atoms with Crippen LogP contribution in [-0.2, 0) is 9.53 Å². The molecule has 1 aliphatic carbocycles. The van der Waals surface area contributed by atoms with E-state index >= 15 is 0 Å². The number of nitrogens with zero attached hydrogens (tertiary/aromatic N) is 1. The van der Waals surface area contributed by atoms with Gasteiger partial charge in [-0.25, -0.2) is 0 Å². The second-order valence-electron chi connectivity index (χ2n) is 5.13. The van der Waals surface area contributed by atoms with Crippen LogP contribution in [0, 0.1) is 11.8 Å². The Labute approximate surface area is 91.8 Å². The summed E-state index contributed by atoms with van der Waals surface area (Å²) in [6.07, 6.45) is 3.99. The minimum absolute atomic E-state index is 0.118. The molecule has 15 heavy (non-hydrogen) atoms. The van der Waals surface area contributed by atoms with Crippen LogP contribution in [0.15, 0.2) is 0 Å². The van der Waals surface area contributed by atoms with E-state index in [4.69, 9.17) is 4.74 Å². The lowest BCUT2D eigenvalue weighted by molar-refractivity contribution is -0.133. The molecule has 2 aliphatic rings. The predicted molar refractivity (Wildman–Crippen MR) is 58.5 cm³/mol. The van der Waals surface area contributed by atoms with Crippen LogP contribution < -0.4 is 0 Å². The second-order valence-corrected chi connectivity index (χ2v) is 5.13. The van der Waals surface area contributed by atoms with Gasteiger partial charge in [-0.2, -0.15) is 0 Å². The molecular weight excluding hydrogens is 190 g/mol. The smallest absolute Gasteiger partial charge is 0.225 e. The number of amides is 1. The van der Waals surface area contributed by atoms with E-state index < -0.39 is 0 Å². The first kappa shape index (κ1) is 10.9. The molecule has 0 aromatic carbocycles. The number of carbonyl (C=O) groups excluding carboxylic acids is 1. The highest BCUT2D eigenvalue weighted by molar-refractivity contribution is 5.78. The molecule has 0 spiro atoms. The minimum atomic E-state index is 0.118. The van der Waals surface area contributed by atoms with E-state index in [9.17, 15) is 4.79 Å². The van der Waals surface area contributed by atoms with Crippen molar-refractivity contribution in [3.05, 3.63) is 0 Å². The molecule has 2 rings (SSSR count). The van der Waals surface area contributed by atoms with E-state index in [0.29, 0.717) is 6.10 Å². The van der Waals surface area contributed by atoms with Crippen molar-refractivity contribution in [1.29, 1.82) is 0 Å². The summed E-state index contributed by atoms with van der Waals surface area (Å²) >= 11 is 0. The van der Waals surface area contributed by atoms with Crippen molar-refractivity contribution in [2.75, 3.05) is 19.7 Å². The molecule has 1 aliphatic heterocycles. The van der Waals surface area contributed by atoms with Gasteiger partial charge in [-0.1, -0.05) is 13.8 Å². The summed E-state index contributed by atoms with van der Waals surface area (Å²) in [5.74, 6) is 1.21. The summed E-state index contributed by atoms with van der Waals surface area (Å²) in [6.45, 7) is 6.52. The largest absolute Gasteiger partial charge is 0.376 e. The molecule has 0 aromatic heterocycles. The molecule has 1 atom stereocenters. The molecule has 0 aromatic rings.